The van der Waals surface area contributed by atoms with Crippen molar-refractivity contribution in [2.24, 2.45) is 4.99 Å². The molecule has 0 saturated carbocycles. The first-order chi connectivity index (χ1) is 14.1. The standard InChI is InChI=1S/C23H26N4O2/c1-13-9-14(2)25-19(13)10-20-23(29-4)17(12-28)22(27-20)21-16(11-24-3)15-7-5-6-8-18(15)26-21/h5-10,24-25,27-28H,11-12H2,1-4H3/b20-10?,22-21-. The van der Waals surface area contributed by atoms with E-state index in [0.29, 0.717) is 17.9 Å². The van der Waals surface area contributed by atoms with Crippen LogP contribution in [0.3, 0.4) is 0 Å². The van der Waals surface area contributed by atoms with Crippen molar-refractivity contribution >= 4 is 17.3 Å². The fourth-order valence-electron chi connectivity index (χ4n) is 3.98. The van der Waals surface area contributed by atoms with Crippen LogP contribution in [0.15, 0.2) is 35.3 Å². The molecule has 0 saturated heterocycles. The molecule has 1 aromatic carbocycles. The number of ether oxygens (including phenoxy) is 1. The van der Waals surface area contributed by atoms with Crippen LogP contribution in [0.2, 0.25) is 0 Å². The van der Waals surface area contributed by atoms with Crippen LogP contribution in [0.5, 0.6) is 5.75 Å². The van der Waals surface area contributed by atoms with Crippen LogP contribution in [0.4, 0.5) is 0 Å². The second kappa shape index (κ2) is 7.73. The zero-order valence-corrected chi connectivity index (χ0v) is 17.2. The molecule has 0 amide bonds. The minimum Gasteiger partial charge on any atom is -0.494 e. The van der Waals surface area contributed by atoms with Gasteiger partial charge in [0.1, 0.15) is 5.75 Å². The molecule has 0 radical (unpaired) electrons. The molecule has 29 heavy (non-hydrogen) atoms. The third kappa shape index (κ3) is 3.30. The number of para-hydroxylation sites is 1. The number of H-pyrrole nitrogens is 2. The summed E-state index contributed by atoms with van der Waals surface area (Å²) >= 11 is 0. The van der Waals surface area contributed by atoms with Gasteiger partial charge in [-0.15, -0.1) is 0 Å². The highest BCUT2D eigenvalue weighted by Gasteiger charge is 2.18. The molecule has 3 aromatic rings. The molecule has 2 aromatic heterocycles. The molecule has 3 heterocycles. The molecular formula is C23H26N4O2. The smallest absolute Gasteiger partial charge is 0.150 e. The number of nitrogens with one attached hydrogen (secondary N) is 3. The predicted molar refractivity (Wildman–Crippen MR) is 114 cm³/mol. The van der Waals surface area contributed by atoms with Crippen molar-refractivity contribution in [2.45, 2.75) is 20.5 Å². The Kier molecular flexibility index (Phi) is 5.13. The summed E-state index contributed by atoms with van der Waals surface area (Å²) in [5, 5.41) is 17.0. The van der Waals surface area contributed by atoms with Gasteiger partial charge in [-0.1, -0.05) is 18.2 Å². The third-order valence-corrected chi connectivity index (χ3v) is 5.26. The second-order valence-electron chi connectivity index (χ2n) is 7.26. The van der Waals surface area contributed by atoms with Gasteiger partial charge in [-0.2, -0.15) is 0 Å². The van der Waals surface area contributed by atoms with Gasteiger partial charge in [-0.25, -0.2) is 4.99 Å². The Morgan fingerprint density at radius 2 is 2.00 bits per heavy atom. The molecular weight excluding hydrogens is 364 g/mol. The quantitative estimate of drug-likeness (QED) is 0.499. The molecule has 0 atom stereocenters. The maximum absolute atomic E-state index is 10.2. The van der Waals surface area contributed by atoms with E-state index in [1.807, 2.05) is 38.2 Å². The number of benzene rings is 1. The van der Waals surface area contributed by atoms with E-state index in [4.69, 9.17) is 9.73 Å². The highest BCUT2D eigenvalue weighted by atomic mass is 16.5. The lowest BCUT2D eigenvalue weighted by molar-refractivity contribution is 0.273. The summed E-state index contributed by atoms with van der Waals surface area (Å²) in [7, 11) is 3.54. The number of aliphatic hydroxyl groups excluding tert-OH is 1. The van der Waals surface area contributed by atoms with Crippen LogP contribution in [0.25, 0.3) is 17.3 Å². The molecule has 4 N–H and O–H groups in total. The van der Waals surface area contributed by atoms with Crippen LogP contribution in [-0.4, -0.2) is 35.8 Å². The van der Waals surface area contributed by atoms with Gasteiger partial charge in [0.2, 0.25) is 0 Å². The van der Waals surface area contributed by atoms with E-state index in [1.165, 1.54) is 0 Å². The van der Waals surface area contributed by atoms with Crippen molar-refractivity contribution < 1.29 is 9.84 Å². The summed E-state index contributed by atoms with van der Waals surface area (Å²) in [5.41, 5.74) is 5.90. The van der Waals surface area contributed by atoms with Crippen molar-refractivity contribution in [3.05, 3.63) is 74.1 Å². The van der Waals surface area contributed by atoms with E-state index >= 15 is 0 Å². The summed E-state index contributed by atoms with van der Waals surface area (Å²) < 4.78 is 5.68. The number of aromatic amines is 2. The number of aliphatic hydroxyl groups is 1. The Bertz CT molecular complexity index is 1310. The van der Waals surface area contributed by atoms with E-state index in [-0.39, 0.29) is 6.61 Å². The molecule has 6 heteroatoms. The molecule has 0 unspecified atom stereocenters. The average molecular weight is 390 g/mol. The summed E-state index contributed by atoms with van der Waals surface area (Å²) in [5.74, 6) is 0.636. The van der Waals surface area contributed by atoms with Crippen molar-refractivity contribution in [2.75, 3.05) is 20.7 Å². The highest BCUT2D eigenvalue weighted by Crippen LogP contribution is 2.17. The average Bonchev–Trinajstić information content (AvgIpc) is 3.35. The van der Waals surface area contributed by atoms with Gasteiger partial charge in [0.05, 0.1) is 35.5 Å². The van der Waals surface area contributed by atoms with E-state index in [1.54, 1.807) is 7.11 Å². The minimum atomic E-state index is -0.145. The molecule has 0 bridgehead atoms. The van der Waals surface area contributed by atoms with Crippen LogP contribution < -0.4 is 31.3 Å². The van der Waals surface area contributed by atoms with Gasteiger partial charge in [0.25, 0.3) is 0 Å². The lowest BCUT2D eigenvalue weighted by Gasteiger charge is -2.04. The summed E-state index contributed by atoms with van der Waals surface area (Å²) in [6, 6.07) is 10.2. The lowest BCUT2D eigenvalue weighted by atomic mass is 10.1. The minimum absolute atomic E-state index is 0.145. The Labute approximate surface area is 169 Å². The summed E-state index contributed by atoms with van der Waals surface area (Å²) in [4.78, 5) is 11.7. The van der Waals surface area contributed by atoms with Crippen LogP contribution >= 0.6 is 0 Å². The first-order valence-electron chi connectivity index (χ1n) is 9.67. The van der Waals surface area contributed by atoms with Gasteiger partial charge >= 0.3 is 0 Å². The van der Waals surface area contributed by atoms with Gasteiger partial charge in [-0.3, -0.25) is 0 Å². The van der Waals surface area contributed by atoms with Crippen LogP contribution in [-0.2, 0) is 6.61 Å². The Morgan fingerprint density at radius 3 is 2.66 bits per heavy atom. The number of hydrogen-bond donors (Lipinski definition) is 4. The van der Waals surface area contributed by atoms with Gasteiger partial charge in [-0.05, 0) is 44.7 Å². The summed E-state index contributed by atoms with van der Waals surface area (Å²) in [6.07, 6.45) is 2.02. The number of aryl methyl sites for hydroxylation is 2. The monoisotopic (exact) mass is 390 g/mol. The van der Waals surface area contributed by atoms with Crippen LogP contribution in [0.1, 0.15) is 22.5 Å². The normalized spacial score (nSPS) is 15.6. The van der Waals surface area contributed by atoms with Gasteiger partial charge in [0, 0.05) is 34.3 Å². The van der Waals surface area contributed by atoms with Crippen LogP contribution in [0, 0.1) is 13.8 Å². The third-order valence-electron chi connectivity index (χ3n) is 5.26. The van der Waals surface area contributed by atoms with E-state index in [0.717, 1.165) is 49.5 Å². The molecule has 0 aliphatic carbocycles. The largest absolute Gasteiger partial charge is 0.494 e. The Morgan fingerprint density at radius 1 is 1.21 bits per heavy atom. The maximum Gasteiger partial charge on any atom is 0.150 e. The maximum atomic E-state index is 10.2. The fourth-order valence-corrected chi connectivity index (χ4v) is 3.98. The lowest BCUT2D eigenvalue weighted by Crippen LogP contribution is -2.26. The van der Waals surface area contributed by atoms with Crippen molar-refractivity contribution in [3.63, 3.8) is 0 Å². The predicted octanol–water partition coefficient (Wildman–Crippen LogP) is 0.101. The number of rotatable bonds is 5. The summed E-state index contributed by atoms with van der Waals surface area (Å²) in [6.45, 7) is 4.63. The highest BCUT2D eigenvalue weighted by molar-refractivity contribution is 5.90. The number of nitrogens with zero attached hydrogens (tertiary/aromatic N) is 1. The van der Waals surface area contributed by atoms with E-state index in [2.05, 4.69) is 34.3 Å². The molecule has 6 nitrogen and oxygen atoms in total. The molecule has 1 aliphatic rings. The number of aromatic nitrogens is 2. The zero-order valence-electron chi connectivity index (χ0n) is 17.2. The molecule has 1 aliphatic heterocycles. The number of hydrogen-bond acceptors (Lipinski definition) is 4. The zero-order chi connectivity index (χ0) is 20.5. The first-order valence-corrected chi connectivity index (χ1v) is 9.67. The van der Waals surface area contributed by atoms with Crippen molar-refractivity contribution in [1.82, 2.24) is 15.3 Å². The molecule has 150 valence electrons. The first kappa shape index (κ1) is 19.2. The number of fused-ring (bicyclic) bond motifs is 1. The SMILES string of the molecule is CNCC1=c2ccccc2=N/C1=c1\[nH]c(=Cc2[nH]c(C)cc2C)c(OC)c1CO. The number of methoxy groups -OCH3 is 1. The molecule has 0 fully saturated rings. The van der Waals surface area contributed by atoms with Crippen molar-refractivity contribution in [1.29, 1.82) is 0 Å². The Balaban J connectivity index is 2.07. The van der Waals surface area contributed by atoms with Gasteiger partial charge < -0.3 is 25.1 Å². The second-order valence-corrected chi connectivity index (χ2v) is 7.26. The fraction of sp³-hybridized carbons (Fsp3) is 0.261. The van der Waals surface area contributed by atoms with Gasteiger partial charge in [0.15, 0.2) is 0 Å². The Hall–Kier alpha value is -3.09. The molecule has 0 spiro atoms. The van der Waals surface area contributed by atoms with Crippen molar-refractivity contribution in [3.8, 4) is 5.75 Å². The van der Waals surface area contributed by atoms with E-state index < -0.39 is 0 Å². The van der Waals surface area contributed by atoms with E-state index in [9.17, 15) is 5.11 Å². The topological polar surface area (TPSA) is 85.4 Å². The molecule has 4 rings (SSSR count).